The zero-order valence-corrected chi connectivity index (χ0v) is 11.0. The number of rotatable bonds is 2. The number of carbonyl (C=O) groups excluding carboxylic acids is 2. The van der Waals surface area contributed by atoms with Gasteiger partial charge < -0.3 is 5.32 Å². The Labute approximate surface area is 119 Å². The number of carbonyl (C=O) groups is 2. The highest BCUT2D eigenvalue weighted by molar-refractivity contribution is 6.31. The standard InChI is InChI=1S/C15H9ClFNO2/c16-11-3-1-2-10(14(11)17)15(20)8-4-5-12-9(6-8)7-13(19)18-12/h1-6H,7H2,(H,18,19). The van der Waals surface area contributed by atoms with Crippen molar-refractivity contribution >= 4 is 29.0 Å². The van der Waals surface area contributed by atoms with Crippen LogP contribution in [0.15, 0.2) is 36.4 Å². The van der Waals surface area contributed by atoms with Crippen LogP contribution in [0.4, 0.5) is 10.1 Å². The molecule has 5 heteroatoms. The van der Waals surface area contributed by atoms with E-state index in [2.05, 4.69) is 5.32 Å². The van der Waals surface area contributed by atoms with Gasteiger partial charge in [0.15, 0.2) is 11.6 Å². The first kappa shape index (κ1) is 12.8. The minimum atomic E-state index is -0.728. The van der Waals surface area contributed by atoms with E-state index in [0.29, 0.717) is 11.3 Å². The molecular formula is C15H9ClFNO2. The van der Waals surface area contributed by atoms with Crippen LogP contribution in [0.3, 0.4) is 0 Å². The van der Waals surface area contributed by atoms with Gasteiger partial charge in [0.1, 0.15) is 0 Å². The lowest BCUT2D eigenvalue weighted by Gasteiger charge is -2.06. The molecule has 1 aliphatic heterocycles. The van der Waals surface area contributed by atoms with Crippen LogP contribution in [0, 0.1) is 5.82 Å². The molecule has 0 bridgehead atoms. The van der Waals surface area contributed by atoms with E-state index in [1.165, 1.54) is 18.2 Å². The molecule has 0 saturated carbocycles. The van der Waals surface area contributed by atoms with Gasteiger partial charge >= 0.3 is 0 Å². The van der Waals surface area contributed by atoms with E-state index in [9.17, 15) is 14.0 Å². The number of halogens is 2. The monoisotopic (exact) mass is 289 g/mol. The summed E-state index contributed by atoms with van der Waals surface area (Å²) < 4.78 is 13.9. The topological polar surface area (TPSA) is 46.2 Å². The van der Waals surface area contributed by atoms with Crippen LogP contribution in [0.2, 0.25) is 5.02 Å². The molecule has 0 aliphatic carbocycles. The third-order valence-corrected chi connectivity index (χ3v) is 3.48. The third kappa shape index (κ3) is 2.08. The second-order valence-electron chi connectivity index (χ2n) is 4.53. The van der Waals surface area contributed by atoms with Crippen molar-refractivity contribution in [1.29, 1.82) is 0 Å². The highest BCUT2D eigenvalue weighted by Gasteiger charge is 2.21. The van der Waals surface area contributed by atoms with E-state index in [1.807, 2.05) is 0 Å². The molecule has 0 aromatic heterocycles. The molecule has 0 saturated heterocycles. The van der Waals surface area contributed by atoms with Gasteiger partial charge in [-0.15, -0.1) is 0 Å². The quantitative estimate of drug-likeness (QED) is 0.863. The van der Waals surface area contributed by atoms with Crippen LogP contribution in [0.5, 0.6) is 0 Å². The molecule has 0 spiro atoms. The normalized spacial score (nSPS) is 13.0. The van der Waals surface area contributed by atoms with Crippen molar-refractivity contribution in [3.63, 3.8) is 0 Å². The van der Waals surface area contributed by atoms with Crippen LogP contribution >= 0.6 is 11.6 Å². The van der Waals surface area contributed by atoms with E-state index >= 15 is 0 Å². The summed E-state index contributed by atoms with van der Waals surface area (Å²) in [5.41, 5.74) is 1.69. The molecule has 2 aromatic rings. The van der Waals surface area contributed by atoms with Crippen LogP contribution in [-0.4, -0.2) is 11.7 Å². The van der Waals surface area contributed by atoms with E-state index in [4.69, 9.17) is 11.6 Å². The second kappa shape index (κ2) is 4.72. The zero-order chi connectivity index (χ0) is 14.3. The number of anilines is 1. The summed E-state index contributed by atoms with van der Waals surface area (Å²) in [6.07, 6.45) is 0.231. The largest absolute Gasteiger partial charge is 0.326 e. The molecular weight excluding hydrogens is 281 g/mol. The van der Waals surface area contributed by atoms with Crippen molar-refractivity contribution in [3.05, 3.63) is 63.9 Å². The van der Waals surface area contributed by atoms with Crippen molar-refractivity contribution in [2.45, 2.75) is 6.42 Å². The molecule has 1 amide bonds. The fraction of sp³-hybridized carbons (Fsp3) is 0.0667. The Morgan fingerprint density at radius 2 is 2.05 bits per heavy atom. The molecule has 20 heavy (non-hydrogen) atoms. The van der Waals surface area contributed by atoms with Gasteiger partial charge in [-0.25, -0.2) is 4.39 Å². The summed E-state index contributed by atoms with van der Waals surface area (Å²) >= 11 is 5.68. The molecule has 1 N–H and O–H groups in total. The van der Waals surface area contributed by atoms with Crippen molar-refractivity contribution in [1.82, 2.24) is 0 Å². The number of fused-ring (bicyclic) bond motifs is 1. The molecule has 0 unspecified atom stereocenters. The predicted octanol–water partition coefficient (Wildman–Crippen LogP) is 3.20. The molecule has 1 aliphatic rings. The van der Waals surface area contributed by atoms with E-state index in [-0.39, 0.29) is 22.9 Å². The van der Waals surface area contributed by atoms with Crippen LogP contribution in [0.1, 0.15) is 21.5 Å². The number of amides is 1. The Bertz CT molecular complexity index is 743. The highest BCUT2D eigenvalue weighted by atomic mass is 35.5. The maximum absolute atomic E-state index is 13.9. The SMILES string of the molecule is O=C1Cc2cc(C(=O)c3cccc(Cl)c3F)ccc2N1. The van der Waals surface area contributed by atoms with Gasteiger partial charge in [-0.05, 0) is 35.9 Å². The summed E-state index contributed by atoms with van der Waals surface area (Å²) in [6, 6.07) is 9.12. The second-order valence-corrected chi connectivity index (χ2v) is 4.93. The first-order chi connectivity index (χ1) is 9.56. The molecule has 0 atom stereocenters. The average molecular weight is 290 g/mol. The zero-order valence-electron chi connectivity index (χ0n) is 10.2. The van der Waals surface area contributed by atoms with Gasteiger partial charge in [-0.3, -0.25) is 9.59 Å². The van der Waals surface area contributed by atoms with Gasteiger partial charge in [0.2, 0.25) is 5.91 Å². The fourth-order valence-electron chi connectivity index (χ4n) is 2.21. The van der Waals surface area contributed by atoms with E-state index in [0.717, 1.165) is 5.56 Å². The lowest BCUT2D eigenvalue weighted by atomic mass is 10.00. The first-order valence-corrected chi connectivity index (χ1v) is 6.35. The summed E-state index contributed by atoms with van der Waals surface area (Å²) in [5, 5.41) is 2.59. The predicted molar refractivity (Wildman–Crippen MR) is 73.6 cm³/mol. The van der Waals surface area contributed by atoms with Gasteiger partial charge in [-0.1, -0.05) is 17.7 Å². The smallest absolute Gasteiger partial charge is 0.228 e. The molecule has 2 aromatic carbocycles. The average Bonchev–Trinajstić information content (AvgIpc) is 2.80. The van der Waals surface area contributed by atoms with Crippen LogP contribution in [0.25, 0.3) is 0 Å². The molecule has 3 nitrogen and oxygen atoms in total. The summed E-state index contributed by atoms with van der Waals surface area (Å²) in [4.78, 5) is 23.6. The van der Waals surface area contributed by atoms with Crippen molar-refractivity contribution in [2.24, 2.45) is 0 Å². The molecule has 0 fully saturated rings. The highest BCUT2D eigenvalue weighted by Crippen LogP contribution is 2.26. The van der Waals surface area contributed by atoms with Crippen LogP contribution < -0.4 is 5.32 Å². The first-order valence-electron chi connectivity index (χ1n) is 5.98. The number of hydrogen-bond donors (Lipinski definition) is 1. The van der Waals surface area contributed by atoms with Crippen molar-refractivity contribution in [3.8, 4) is 0 Å². The Kier molecular flexibility index (Phi) is 3.03. The Morgan fingerprint density at radius 1 is 1.25 bits per heavy atom. The third-order valence-electron chi connectivity index (χ3n) is 3.19. The van der Waals surface area contributed by atoms with Gasteiger partial charge in [-0.2, -0.15) is 0 Å². The number of benzene rings is 2. The lowest BCUT2D eigenvalue weighted by molar-refractivity contribution is -0.115. The van der Waals surface area contributed by atoms with Crippen molar-refractivity contribution in [2.75, 3.05) is 5.32 Å². The van der Waals surface area contributed by atoms with E-state index < -0.39 is 11.6 Å². The number of hydrogen-bond acceptors (Lipinski definition) is 2. The number of ketones is 1. The minimum Gasteiger partial charge on any atom is -0.326 e. The van der Waals surface area contributed by atoms with Gasteiger partial charge in [0.25, 0.3) is 0 Å². The molecule has 1 heterocycles. The van der Waals surface area contributed by atoms with Gasteiger partial charge in [0.05, 0.1) is 17.0 Å². The maximum atomic E-state index is 13.9. The fourth-order valence-corrected chi connectivity index (χ4v) is 2.38. The molecule has 0 radical (unpaired) electrons. The summed E-state index contributed by atoms with van der Waals surface area (Å²) in [5.74, 6) is -1.29. The number of nitrogens with one attached hydrogen (secondary N) is 1. The minimum absolute atomic E-state index is 0.0743. The molecule has 100 valence electrons. The summed E-state index contributed by atoms with van der Waals surface area (Å²) in [6.45, 7) is 0. The van der Waals surface area contributed by atoms with Crippen molar-refractivity contribution < 1.29 is 14.0 Å². The van der Waals surface area contributed by atoms with E-state index in [1.54, 1.807) is 18.2 Å². The summed E-state index contributed by atoms with van der Waals surface area (Å²) in [7, 11) is 0. The Balaban J connectivity index is 2.02. The Hall–Kier alpha value is -2.20. The molecule has 3 rings (SSSR count). The Morgan fingerprint density at radius 3 is 2.85 bits per heavy atom. The van der Waals surface area contributed by atoms with Crippen LogP contribution in [-0.2, 0) is 11.2 Å². The van der Waals surface area contributed by atoms with Gasteiger partial charge in [0, 0.05) is 11.3 Å². The lowest BCUT2D eigenvalue weighted by Crippen LogP contribution is -2.05. The maximum Gasteiger partial charge on any atom is 0.228 e.